The normalized spacial score (nSPS) is 11.2. The summed E-state index contributed by atoms with van der Waals surface area (Å²) in [5, 5.41) is -0.394. The first-order chi connectivity index (χ1) is 12.3. The Morgan fingerprint density at radius 1 is 0.692 bits per heavy atom. The van der Waals surface area contributed by atoms with Crippen LogP contribution in [0, 0.1) is 0 Å². The first-order valence-corrected chi connectivity index (χ1v) is 7.34. The lowest BCUT2D eigenvalue weighted by Crippen LogP contribution is -2.30. The molecule has 3 rings (SSSR count). The van der Waals surface area contributed by atoms with Gasteiger partial charge in [-0.3, -0.25) is 37.9 Å². The summed E-state index contributed by atoms with van der Waals surface area (Å²) in [5.41, 5.74) is -3.09. The van der Waals surface area contributed by atoms with Crippen LogP contribution in [-0.2, 0) is 32.2 Å². The fraction of sp³-hybridized carbons (Fsp3) is 0.250. The van der Waals surface area contributed by atoms with Crippen LogP contribution in [0.5, 0.6) is 0 Å². The van der Waals surface area contributed by atoms with Gasteiger partial charge in [0.1, 0.15) is 13.1 Å². The number of hydrogen-bond donors (Lipinski definition) is 0. The minimum absolute atomic E-state index is 0.0984. The van der Waals surface area contributed by atoms with Gasteiger partial charge in [-0.2, -0.15) is 0 Å². The number of benzene rings is 1. The van der Waals surface area contributed by atoms with Crippen molar-refractivity contribution >= 4 is 33.5 Å². The van der Waals surface area contributed by atoms with Gasteiger partial charge in [0.05, 0.1) is 35.8 Å². The highest BCUT2D eigenvalue weighted by Gasteiger charge is 2.21. The summed E-state index contributed by atoms with van der Waals surface area (Å²) in [6, 6.07) is 2.25. The van der Waals surface area contributed by atoms with Crippen molar-refractivity contribution in [2.75, 3.05) is 14.2 Å². The zero-order valence-corrected chi connectivity index (χ0v) is 13.7. The zero-order valence-electron chi connectivity index (χ0n) is 13.7. The van der Waals surface area contributed by atoms with E-state index in [1.165, 1.54) is 0 Å². The van der Waals surface area contributed by atoms with Crippen LogP contribution < -0.4 is 22.2 Å². The molecule has 0 bridgehead atoms. The van der Waals surface area contributed by atoms with Gasteiger partial charge in [0.25, 0.3) is 22.2 Å². The van der Waals surface area contributed by atoms with Gasteiger partial charge in [0.2, 0.25) is 0 Å². The van der Waals surface area contributed by atoms with E-state index in [9.17, 15) is 28.8 Å². The Labute approximate surface area is 143 Å². The van der Waals surface area contributed by atoms with E-state index in [1.807, 2.05) is 0 Å². The molecule has 2 aromatic heterocycles. The smallest absolute Gasteiger partial charge is 0.325 e. The molecule has 0 amide bonds. The third-order valence-corrected chi connectivity index (χ3v) is 4.09. The number of fused-ring (bicyclic) bond motifs is 2. The summed E-state index contributed by atoms with van der Waals surface area (Å²) in [5.74, 6) is -1.58. The maximum Gasteiger partial charge on any atom is 0.325 e. The van der Waals surface area contributed by atoms with Crippen LogP contribution in [0.25, 0.3) is 21.5 Å². The molecule has 0 aliphatic rings. The predicted molar refractivity (Wildman–Crippen MR) is 88.9 cm³/mol. The summed E-state index contributed by atoms with van der Waals surface area (Å²) in [6.45, 7) is -1.16. The maximum absolute atomic E-state index is 12.4. The number of aromatic nitrogens is 2. The second kappa shape index (κ2) is 6.06. The lowest BCUT2D eigenvalue weighted by atomic mass is 10.1. The molecule has 0 fully saturated rings. The molecular weight excluding hydrogens is 348 g/mol. The number of hydrogen-bond acceptors (Lipinski definition) is 8. The van der Waals surface area contributed by atoms with Crippen molar-refractivity contribution < 1.29 is 19.1 Å². The first-order valence-electron chi connectivity index (χ1n) is 7.34. The van der Waals surface area contributed by atoms with Crippen molar-refractivity contribution in [2.24, 2.45) is 0 Å². The summed E-state index contributed by atoms with van der Waals surface area (Å²) >= 11 is 0. The quantitative estimate of drug-likeness (QED) is 0.501. The lowest BCUT2D eigenvalue weighted by Gasteiger charge is -1.97. The van der Waals surface area contributed by atoms with Crippen molar-refractivity contribution in [1.29, 1.82) is 0 Å². The maximum atomic E-state index is 12.4. The minimum atomic E-state index is -0.788. The molecule has 0 spiro atoms. The fourth-order valence-corrected chi connectivity index (χ4v) is 2.75. The highest BCUT2D eigenvalue weighted by molar-refractivity contribution is 5.98. The summed E-state index contributed by atoms with van der Waals surface area (Å²) in [4.78, 5) is 72.2. The van der Waals surface area contributed by atoms with Gasteiger partial charge < -0.3 is 9.47 Å². The summed E-state index contributed by atoms with van der Waals surface area (Å²) in [7, 11) is 2.23. The number of carbonyl (C=O) groups is 2. The van der Waals surface area contributed by atoms with Gasteiger partial charge in [0, 0.05) is 0 Å². The Bertz CT molecular complexity index is 1100. The number of ether oxygens (including phenoxy) is 2. The van der Waals surface area contributed by atoms with E-state index in [-0.39, 0.29) is 21.5 Å². The number of esters is 2. The molecule has 0 radical (unpaired) electrons. The molecule has 10 heteroatoms. The second-order valence-corrected chi connectivity index (χ2v) is 5.49. The molecule has 134 valence electrons. The molecular formula is C16H12N2O8. The van der Waals surface area contributed by atoms with Crippen LogP contribution in [0.15, 0.2) is 31.3 Å². The monoisotopic (exact) mass is 360 g/mol. The van der Waals surface area contributed by atoms with Crippen molar-refractivity contribution in [1.82, 2.24) is 9.13 Å². The molecule has 0 aliphatic heterocycles. The predicted octanol–water partition coefficient (Wildman–Crippen LogP) is -1.74. The number of nitrogens with zero attached hydrogens (tertiary/aromatic N) is 2. The van der Waals surface area contributed by atoms with Crippen LogP contribution >= 0.6 is 0 Å². The van der Waals surface area contributed by atoms with Crippen molar-refractivity contribution in [3.63, 3.8) is 0 Å². The third-order valence-electron chi connectivity index (χ3n) is 4.09. The van der Waals surface area contributed by atoms with E-state index < -0.39 is 47.3 Å². The molecule has 26 heavy (non-hydrogen) atoms. The van der Waals surface area contributed by atoms with Crippen molar-refractivity contribution in [3.8, 4) is 0 Å². The SMILES string of the molecule is COC(=O)Cn1c(=O)c2cc3c(=O)n(CC(=O)OC)c(=O)c3cc2c1=O. The van der Waals surface area contributed by atoms with E-state index in [1.54, 1.807) is 0 Å². The van der Waals surface area contributed by atoms with Crippen molar-refractivity contribution in [3.05, 3.63) is 53.5 Å². The Balaban J connectivity index is 2.31. The van der Waals surface area contributed by atoms with Gasteiger partial charge >= 0.3 is 11.9 Å². The Morgan fingerprint density at radius 2 is 0.962 bits per heavy atom. The highest BCUT2D eigenvalue weighted by Crippen LogP contribution is 2.14. The zero-order chi connectivity index (χ0) is 19.2. The van der Waals surface area contributed by atoms with E-state index >= 15 is 0 Å². The van der Waals surface area contributed by atoms with Gasteiger partial charge in [0.15, 0.2) is 0 Å². The van der Waals surface area contributed by atoms with Crippen LogP contribution in [-0.4, -0.2) is 35.3 Å². The van der Waals surface area contributed by atoms with E-state index in [4.69, 9.17) is 0 Å². The van der Waals surface area contributed by atoms with Crippen LogP contribution in [0.2, 0.25) is 0 Å². The Morgan fingerprint density at radius 3 is 1.19 bits per heavy atom. The van der Waals surface area contributed by atoms with Crippen molar-refractivity contribution in [2.45, 2.75) is 13.1 Å². The molecule has 0 aliphatic carbocycles. The van der Waals surface area contributed by atoms with Gasteiger partial charge in [-0.1, -0.05) is 0 Å². The molecule has 0 N–H and O–H groups in total. The molecule has 0 atom stereocenters. The molecule has 0 unspecified atom stereocenters. The standard InChI is InChI=1S/C16H12N2O8/c1-25-11(19)5-17-13(21)7-3-9-10(4-8(7)14(17)22)16(24)18(15(9)23)6-12(20)26-2/h3-4H,5-6H2,1-2H3. The lowest BCUT2D eigenvalue weighted by molar-refractivity contribution is -0.142. The Kier molecular flexibility index (Phi) is 4.03. The topological polar surface area (TPSA) is 131 Å². The molecule has 2 heterocycles. The van der Waals surface area contributed by atoms with Gasteiger partial charge in [-0.25, -0.2) is 0 Å². The molecule has 0 saturated heterocycles. The average Bonchev–Trinajstić information content (AvgIpc) is 3.00. The number of methoxy groups -OCH3 is 2. The summed E-state index contributed by atoms with van der Waals surface area (Å²) < 4.78 is 10.2. The van der Waals surface area contributed by atoms with E-state index in [0.29, 0.717) is 9.13 Å². The minimum Gasteiger partial charge on any atom is -0.468 e. The first kappa shape index (κ1) is 17.3. The molecule has 3 aromatic rings. The summed E-state index contributed by atoms with van der Waals surface area (Å²) in [6.07, 6.45) is 0. The fourth-order valence-electron chi connectivity index (χ4n) is 2.75. The highest BCUT2D eigenvalue weighted by atomic mass is 16.5. The molecule has 0 saturated carbocycles. The molecule has 1 aromatic carbocycles. The van der Waals surface area contributed by atoms with Gasteiger partial charge in [-0.15, -0.1) is 0 Å². The Hall–Kier alpha value is -3.56. The van der Waals surface area contributed by atoms with E-state index in [2.05, 4.69) is 9.47 Å². The number of carbonyl (C=O) groups excluding carboxylic acids is 2. The number of rotatable bonds is 4. The third kappa shape index (κ3) is 2.42. The van der Waals surface area contributed by atoms with Crippen LogP contribution in [0.4, 0.5) is 0 Å². The van der Waals surface area contributed by atoms with E-state index in [0.717, 1.165) is 26.4 Å². The largest absolute Gasteiger partial charge is 0.468 e. The van der Waals surface area contributed by atoms with Gasteiger partial charge in [-0.05, 0) is 12.1 Å². The average molecular weight is 360 g/mol. The van der Waals surface area contributed by atoms with Crippen LogP contribution in [0.1, 0.15) is 0 Å². The van der Waals surface area contributed by atoms with Crippen LogP contribution in [0.3, 0.4) is 0 Å². The second-order valence-electron chi connectivity index (χ2n) is 5.49. The molecule has 10 nitrogen and oxygen atoms in total.